The summed E-state index contributed by atoms with van der Waals surface area (Å²) in [5.41, 5.74) is 0.162. The Morgan fingerprint density at radius 2 is 2.19 bits per heavy atom. The van der Waals surface area contributed by atoms with Gasteiger partial charge in [-0.05, 0) is 25.1 Å². The van der Waals surface area contributed by atoms with Gasteiger partial charge in [0.25, 0.3) is 0 Å². The van der Waals surface area contributed by atoms with E-state index >= 15 is 0 Å². The Morgan fingerprint density at radius 1 is 1.52 bits per heavy atom. The normalized spacial score (nSPS) is 10.6. The van der Waals surface area contributed by atoms with Gasteiger partial charge in [0.15, 0.2) is 5.03 Å². The van der Waals surface area contributed by atoms with Crippen LogP contribution in [-0.4, -0.2) is 25.8 Å². The SMILES string of the molecule is Cc1nn(C)c(Sc2ccc(Cl)c(C(=O)O)c2)c1[N+](=O)[O-]. The first-order chi connectivity index (χ1) is 9.81. The summed E-state index contributed by atoms with van der Waals surface area (Å²) in [5.74, 6) is -1.15. The van der Waals surface area contributed by atoms with Crippen LogP contribution in [0.2, 0.25) is 5.02 Å². The molecule has 0 fully saturated rings. The number of carboxylic acids is 1. The van der Waals surface area contributed by atoms with Crippen LogP contribution >= 0.6 is 23.4 Å². The Kier molecular flexibility index (Phi) is 4.19. The molecule has 0 saturated carbocycles. The van der Waals surface area contributed by atoms with Gasteiger partial charge in [-0.15, -0.1) is 0 Å². The molecule has 0 aliphatic rings. The number of benzene rings is 1. The fourth-order valence-corrected chi connectivity index (χ4v) is 3.02. The molecule has 1 aromatic carbocycles. The van der Waals surface area contributed by atoms with Crippen molar-refractivity contribution in [1.82, 2.24) is 9.78 Å². The highest BCUT2D eigenvalue weighted by atomic mass is 35.5. The minimum Gasteiger partial charge on any atom is -0.478 e. The molecule has 0 spiro atoms. The number of rotatable bonds is 4. The Balaban J connectivity index is 2.46. The molecule has 0 unspecified atom stereocenters. The van der Waals surface area contributed by atoms with Gasteiger partial charge in [0.1, 0.15) is 5.69 Å². The van der Waals surface area contributed by atoms with Gasteiger partial charge in [0.05, 0.1) is 15.5 Å². The van der Waals surface area contributed by atoms with E-state index in [0.717, 1.165) is 11.8 Å². The predicted molar refractivity (Wildman–Crippen MR) is 77.1 cm³/mol. The number of hydrogen-bond donors (Lipinski definition) is 1. The average Bonchev–Trinajstić information content (AvgIpc) is 2.66. The van der Waals surface area contributed by atoms with Crippen molar-refractivity contribution in [3.05, 3.63) is 44.6 Å². The maximum Gasteiger partial charge on any atom is 0.337 e. The number of halogens is 1. The number of hydrogen-bond acceptors (Lipinski definition) is 5. The summed E-state index contributed by atoms with van der Waals surface area (Å²) in [6, 6.07) is 4.43. The van der Waals surface area contributed by atoms with Gasteiger partial charge in [-0.25, -0.2) is 4.79 Å². The fourth-order valence-electron chi connectivity index (χ4n) is 1.79. The molecule has 0 atom stereocenters. The van der Waals surface area contributed by atoms with E-state index in [4.69, 9.17) is 16.7 Å². The Hall–Kier alpha value is -2.06. The zero-order chi connectivity index (χ0) is 15.7. The molecule has 0 radical (unpaired) electrons. The molecule has 1 heterocycles. The van der Waals surface area contributed by atoms with E-state index < -0.39 is 10.9 Å². The molecular weight excluding hydrogens is 318 g/mol. The van der Waals surface area contributed by atoms with E-state index in [1.807, 2.05) is 0 Å². The highest BCUT2D eigenvalue weighted by Gasteiger charge is 2.25. The molecular formula is C12H10ClN3O4S. The summed E-state index contributed by atoms with van der Waals surface area (Å²) >= 11 is 6.86. The van der Waals surface area contributed by atoms with E-state index in [-0.39, 0.29) is 16.3 Å². The number of nitro groups is 1. The first-order valence-electron chi connectivity index (χ1n) is 5.70. The van der Waals surface area contributed by atoms with Gasteiger partial charge in [0.2, 0.25) is 0 Å². The van der Waals surface area contributed by atoms with Gasteiger partial charge in [-0.3, -0.25) is 14.8 Å². The summed E-state index contributed by atoms with van der Waals surface area (Å²) < 4.78 is 1.40. The van der Waals surface area contributed by atoms with Gasteiger partial charge in [-0.2, -0.15) is 5.10 Å². The average molecular weight is 328 g/mol. The maximum atomic E-state index is 11.1. The van der Waals surface area contributed by atoms with Crippen molar-refractivity contribution in [1.29, 1.82) is 0 Å². The van der Waals surface area contributed by atoms with Gasteiger partial charge < -0.3 is 5.11 Å². The second-order valence-electron chi connectivity index (χ2n) is 4.17. The highest BCUT2D eigenvalue weighted by Crippen LogP contribution is 2.37. The zero-order valence-corrected chi connectivity index (χ0v) is 12.6. The fraction of sp³-hybridized carbons (Fsp3) is 0.167. The maximum absolute atomic E-state index is 11.1. The third-order valence-electron chi connectivity index (χ3n) is 2.70. The van der Waals surface area contributed by atoms with Gasteiger partial charge >= 0.3 is 11.7 Å². The second-order valence-corrected chi connectivity index (χ2v) is 5.64. The van der Waals surface area contributed by atoms with Crippen LogP contribution in [0.25, 0.3) is 0 Å². The lowest BCUT2D eigenvalue weighted by molar-refractivity contribution is -0.388. The number of carboxylic acid groups (broad SMARTS) is 1. The number of carbonyl (C=O) groups is 1. The lowest BCUT2D eigenvalue weighted by Gasteiger charge is -2.04. The molecule has 7 nitrogen and oxygen atoms in total. The van der Waals surface area contributed by atoms with Crippen LogP contribution in [0.5, 0.6) is 0 Å². The molecule has 1 aromatic heterocycles. The van der Waals surface area contributed by atoms with Crippen molar-refractivity contribution >= 4 is 35.0 Å². The summed E-state index contributed by atoms with van der Waals surface area (Å²) in [6.07, 6.45) is 0. The molecule has 0 aliphatic heterocycles. The van der Waals surface area contributed by atoms with Crippen molar-refractivity contribution in [3.63, 3.8) is 0 Å². The van der Waals surface area contributed by atoms with E-state index in [1.165, 1.54) is 16.8 Å². The van der Waals surface area contributed by atoms with E-state index in [1.54, 1.807) is 20.0 Å². The Morgan fingerprint density at radius 3 is 2.76 bits per heavy atom. The van der Waals surface area contributed by atoms with E-state index in [9.17, 15) is 14.9 Å². The van der Waals surface area contributed by atoms with Gasteiger partial charge in [-0.1, -0.05) is 23.4 Å². The summed E-state index contributed by atoms with van der Waals surface area (Å²) in [6.45, 7) is 1.55. The molecule has 21 heavy (non-hydrogen) atoms. The van der Waals surface area contributed by atoms with Crippen molar-refractivity contribution in [2.45, 2.75) is 16.8 Å². The molecule has 2 rings (SSSR count). The number of aromatic nitrogens is 2. The lowest BCUT2D eigenvalue weighted by atomic mass is 10.2. The van der Waals surface area contributed by atoms with Crippen molar-refractivity contribution in [2.24, 2.45) is 7.05 Å². The van der Waals surface area contributed by atoms with Crippen LogP contribution < -0.4 is 0 Å². The van der Waals surface area contributed by atoms with Gasteiger partial charge in [0, 0.05) is 11.9 Å². The zero-order valence-electron chi connectivity index (χ0n) is 11.0. The van der Waals surface area contributed by atoms with Crippen LogP contribution in [0.1, 0.15) is 16.1 Å². The minimum atomic E-state index is -1.15. The molecule has 2 aromatic rings. The molecule has 110 valence electrons. The third-order valence-corrected chi connectivity index (χ3v) is 4.17. The van der Waals surface area contributed by atoms with Crippen LogP contribution in [0, 0.1) is 17.0 Å². The number of aromatic carboxylic acids is 1. The molecule has 1 N–H and O–H groups in total. The first-order valence-corrected chi connectivity index (χ1v) is 6.89. The smallest absolute Gasteiger partial charge is 0.337 e. The Bertz CT molecular complexity index is 744. The molecule has 0 saturated heterocycles. The lowest BCUT2D eigenvalue weighted by Crippen LogP contribution is -1.98. The van der Waals surface area contributed by atoms with E-state index in [0.29, 0.717) is 15.6 Å². The number of nitrogens with zero attached hydrogens (tertiary/aromatic N) is 3. The van der Waals surface area contributed by atoms with Crippen LogP contribution in [0.3, 0.4) is 0 Å². The van der Waals surface area contributed by atoms with Crippen molar-refractivity contribution in [3.8, 4) is 0 Å². The first kappa shape index (κ1) is 15.3. The molecule has 0 amide bonds. The third kappa shape index (κ3) is 3.01. The van der Waals surface area contributed by atoms with Crippen LogP contribution in [-0.2, 0) is 7.05 Å². The van der Waals surface area contributed by atoms with E-state index in [2.05, 4.69) is 5.10 Å². The van der Waals surface area contributed by atoms with Crippen molar-refractivity contribution < 1.29 is 14.8 Å². The van der Waals surface area contributed by atoms with Crippen LogP contribution in [0.15, 0.2) is 28.1 Å². The second kappa shape index (κ2) is 5.74. The monoisotopic (exact) mass is 327 g/mol. The molecule has 9 heteroatoms. The standard InChI is InChI=1S/C12H10ClN3O4S/c1-6-10(16(19)20)11(15(2)14-6)21-7-3-4-9(13)8(5-7)12(17)18/h3-5H,1-2H3,(H,17,18). The quantitative estimate of drug-likeness (QED) is 0.684. The topological polar surface area (TPSA) is 98.3 Å². The summed E-state index contributed by atoms with van der Waals surface area (Å²) in [4.78, 5) is 22.2. The number of aryl methyl sites for hydroxylation is 2. The van der Waals surface area contributed by atoms with Crippen LogP contribution in [0.4, 0.5) is 5.69 Å². The molecule has 0 aliphatic carbocycles. The molecule has 0 bridgehead atoms. The van der Waals surface area contributed by atoms with Crippen molar-refractivity contribution in [2.75, 3.05) is 0 Å². The predicted octanol–water partition coefficient (Wildman–Crippen LogP) is 3.14. The highest BCUT2D eigenvalue weighted by molar-refractivity contribution is 7.99. The largest absolute Gasteiger partial charge is 0.478 e. The minimum absolute atomic E-state index is 0.0526. The Labute approximate surface area is 128 Å². The summed E-state index contributed by atoms with van der Waals surface area (Å²) in [5, 5.41) is 24.6. The summed E-state index contributed by atoms with van der Waals surface area (Å²) in [7, 11) is 1.59.